The first-order chi connectivity index (χ1) is 8.35. The first-order valence-corrected chi connectivity index (χ1v) is 6.10. The van der Waals surface area contributed by atoms with Crippen molar-refractivity contribution in [3.8, 4) is 11.3 Å². The molecule has 0 aliphatic heterocycles. The highest BCUT2D eigenvalue weighted by atomic mass is 14.9. The number of hydrogen-bond donors (Lipinski definition) is 2. The van der Waals surface area contributed by atoms with E-state index >= 15 is 0 Å². The molecule has 3 heteroatoms. The quantitative estimate of drug-likeness (QED) is 0.827. The van der Waals surface area contributed by atoms with Crippen molar-refractivity contribution in [1.82, 2.24) is 15.3 Å². The minimum Gasteiger partial charge on any atom is -0.342 e. The van der Waals surface area contributed by atoms with Crippen molar-refractivity contribution in [3.63, 3.8) is 0 Å². The highest BCUT2D eigenvalue weighted by molar-refractivity contribution is 5.58. The van der Waals surface area contributed by atoms with E-state index in [2.05, 4.69) is 34.3 Å². The van der Waals surface area contributed by atoms with Crippen LogP contribution >= 0.6 is 0 Å². The molecule has 0 amide bonds. The Morgan fingerprint density at radius 3 is 2.71 bits per heavy atom. The normalized spacial score (nSPS) is 12.6. The van der Waals surface area contributed by atoms with Crippen LogP contribution in [-0.4, -0.2) is 23.6 Å². The van der Waals surface area contributed by atoms with Crippen molar-refractivity contribution in [2.45, 2.75) is 19.3 Å². The standard InChI is InChI=1S/C14H19N3/c1-3-11(9-15-2)14-16-10-13(17-14)12-7-5-4-6-8-12/h4-8,10-11,15H,3,9H2,1-2H3,(H,16,17). The van der Waals surface area contributed by atoms with E-state index in [1.54, 1.807) is 0 Å². The van der Waals surface area contributed by atoms with Gasteiger partial charge in [-0.1, -0.05) is 37.3 Å². The molecule has 0 saturated heterocycles. The third-order valence-corrected chi connectivity index (χ3v) is 3.01. The van der Waals surface area contributed by atoms with Gasteiger partial charge < -0.3 is 10.3 Å². The second-order valence-corrected chi connectivity index (χ2v) is 4.21. The molecular weight excluding hydrogens is 210 g/mol. The van der Waals surface area contributed by atoms with Crippen molar-refractivity contribution in [2.24, 2.45) is 0 Å². The summed E-state index contributed by atoms with van der Waals surface area (Å²) in [4.78, 5) is 7.90. The fourth-order valence-electron chi connectivity index (χ4n) is 1.99. The Labute approximate surface area is 102 Å². The predicted octanol–water partition coefficient (Wildman–Crippen LogP) is 2.79. The molecule has 2 aromatic rings. The summed E-state index contributed by atoms with van der Waals surface area (Å²) in [5.74, 6) is 1.53. The molecule has 90 valence electrons. The maximum absolute atomic E-state index is 4.49. The number of nitrogens with one attached hydrogen (secondary N) is 2. The third-order valence-electron chi connectivity index (χ3n) is 3.01. The summed E-state index contributed by atoms with van der Waals surface area (Å²) in [5, 5.41) is 3.21. The van der Waals surface area contributed by atoms with Gasteiger partial charge in [0.25, 0.3) is 0 Å². The summed E-state index contributed by atoms with van der Waals surface area (Å²) in [6.07, 6.45) is 3.01. The fraction of sp³-hybridized carbons (Fsp3) is 0.357. The van der Waals surface area contributed by atoms with Crippen molar-refractivity contribution < 1.29 is 0 Å². The molecule has 2 N–H and O–H groups in total. The van der Waals surface area contributed by atoms with Gasteiger partial charge in [-0.3, -0.25) is 0 Å². The summed E-state index contributed by atoms with van der Waals surface area (Å²) in [6, 6.07) is 10.3. The summed E-state index contributed by atoms with van der Waals surface area (Å²) >= 11 is 0. The highest BCUT2D eigenvalue weighted by Crippen LogP contribution is 2.21. The largest absolute Gasteiger partial charge is 0.342 e. The van der Waals surface area contributed by atoms with Crippen LogP contribution in [0.4, 0.5) is 0 Å². The number of likely N-dealkylation sites (N-methyl/N-ethyl adjacent to an activating group) is 1. The van der Waals surface area contributed by atoms with Gasteiger partial charge in [-0.05, 0) is 19.0 Å². The van der Waals surface area contributed by atoms with Crippen molar-refractivity contribution in [2.75, 3.05) is 13.6 Å². The second kappa shape index (κ2) is 5.64. The zero-order valence-corrected chi connectivity index (χ0v) is 10.4. The Balaban J connectivity index is 2.21. The smallest absolute Gasteiger partial charge is 0.110 e. The topological polar surface area (TPSA) is 40.7 Å². The number of rotatable bonds is 5. The highest BCUT2D eigenvalue weighted by Gasteiger charge is 2.12. The van der Waals surface area contributed by atoms with Gasteiger partial charge in [0, 0.05) is 12.5 Å². The second-order valence-electron chi connectivity index (χ2n) is 4.21. The average molecular weight is 229 g/mol. The van der Waals surface area contributed by atoms with Crippen LogP contribution in [0, 0.1) is 0 Å². The Bertz CT molecular complexity index is 448. The number of hydrogen-bond acceptors (Lipinski definition) is 2. The molecule has 3 nitrogen and oxygen atoms in total. The molecular formula is C14H19N3. The maximum atomic E-state index is 4.49. The first-order valence-electron chi connectivity index (χ1n) is 6.10. The van der Waals surface area contributed by atoms with Crippen LogP contribution < -0.4 is 5.32 Å². The number of benzene rings is 1. The molecule has 0 saturated carbocycles. The van der Waals surface area contributed by atoms with Crippen LogP contribution in [-0.2, 0) is 0 Å². The van der Waals surface area contributed by atoms with Gasteiger partial charge >= 0.3 is 0 Å². The maximum Gasteiger partial charge on any atom is 0.110 e. The Hall–Kier alpha value is -1.61. The zero-order chi connectivity index (χ0) is 12.1. The van der Waals surface area contributed by atoms with E-state index in [1.165, 1.54) is 5.56 Å². The molecule has 0 radical (unpaired) electrons. The van der Waals surface area contributed by atoms with E-state index in [9.17, 15) is 0 Å². The van der Waals surface area contributed by atoms with E-state index in [-0.39, 0.29) is 0 Å². The lowest BCUT2D eigenvalue weighted by atomic mass is 10.1. The van der Waals surface area contributed by atoms with Gasteiger partial charge in [-0.15, -0.1) is 0 Å². The van der Waals surface area contributed by atoms with Crippen LogP contribution in [0.15, 0.2) is 36.5 Å². The Morgan fingerprint density at radius 1 is 1.29 bits per heavy atom. The molecule has 1 heterocycles. The number of aromatic nitrogens is 2. The SMILES string of the molecule is CCC(CNC)c1ncc(-c2ccccc2)[nH]1. The number of imidazole rings is 1. The lowest BCUT2D eigenvalue weighted by molar-refractivity contribution is 0.586. The minimum atomic E-state index is 0.456. The van der Waals surface area contributed by atoms with E-state index in [0.717, 1.165) is 24.5 Å². The summed E-state index contributed by atoms with van der Waals surface area (Å²) < 4.78 is 0. The predicted molar refractivity (Wildman–Crippen MR) is 71.0 cm³/mol. The minimum absolute atomic E-state index is 0.456. The van der Waals surface area contributed by atoms with Crippen LogP contribution in [0.1, 0.15) is 25.1 Å². The summed E-state index contributed by atoms with van der Waals surface area (Å²) in [7, 11) is 1.98. The summed E-state index contributed by atoms with van der Waals surface area (Å²) in [6.45, 7) is 3.14. The molecule has 1 aromatic heterocycles. The van der Waals surface area contributed by atoms with Gasteiger partial charge in [-0.25, -0.2) is 4.98 Å². The molecule has 17 heavy (non-hydrogen) atoms. The fourth-order valence-corrected chi connectivity index (χ4v) is 1.99. The van der Waals surface area contributed by atoms with Gasteiger partial charge in [0.05, 0.1) is 11.9 Å². The van der Waals surface area contributed by atoms with E-state index in [4.69, 9.17) is 0 Å². The van der Waals surface area contributed by atoms with Crippen LogP contribution in [0.25, 0.3) is 11.3 Å². The molecule has 1 unspecified atom stereocenters. The molecule has 0 spiro atoms. The summed E-state index contributed by atoms with van der Waals surface area (Å²) in [5.41, 5.74) is 2.28. The Kier molecular flexibility index (Phi) is 3.94. The van der Waals surface area contributed by atoms with Crippen molar-refractivity contribution in [1.29, 1.82) is 0 Å². The van der Waals surface area contributed by atoms with E-state index < -0.39 is 0 Å². The van der Waals surface area contributed by atoms with Crippen LogP contribution in [0.5, 0.6) is 0 Å². The van der Waals surface area contributed by atoms with Crippen molar-refractivity contribution in [3.05, 3.63) is 42.4 Å². The molecule has 1 aromatic carbocycles. The third kappa shape index (κ3) is 2.74. The molecule has 0 fully saturated rings. The number of H-pyrrole nitrogens is 1. The van der Waals surface area contributed by atoms with Gasteiger partial charge in [0.2, 0.25) is 0 Å². The molecule has 0 bridgehead atoms. The molecule has 2 rings (SSSR count). The number of aromatic amines is 1. The van der Waals surface area contributed by atoms with Gasteiger partial charge in [-0.2, -0.15) is 0 Å². The monoisotopic (exact) mass is 229 g/mol. The Morgan fingerprint density at radius 2 is 2.06 bits per heavy atom. The first kappa shape index (κ1) is 11.9. The average Bonchev–Trinajstić information content (AvgIpc) is 2.86. The van der Waals surface area contributed by atoms with Crippen LogP contribution in [0.3, 0.4) is 0 Å². The van der Waals surface area contributed by atoms with E-state index in [1.807, 2.05) is 31.4 Å². The molecule has 0 aliphatic rings. The number of nitrogens with zero attached hydrogens (tertiary/aromatic N) is 1. The van der Waals surface area contributed by atoms with Crippen LogP contribution in [0.2, 0.25) is 0 Å². The molecule has 1 atom stereocenters. The molecule has 0 aliphatic carbocycles. The van der Waals surface area contributed by atoms with Crippen molar-refractivity contribution >= 4 is 0 Å². The van der Waals surface area contributed by atoms with E-state index in [0.29, 0.717) is 5.92 Å². The van der Waals surface area contributed by atoms with Gasteiger partial charge in [0.1, 0.15) is 5.82 Å². The van der Waals surface area contributed by atoms with Gasteiger partial charge in [0.15, 0.2) is 0 Å². The zero-order valence-electron chi connectivity index (χ0n) is 10.4. The lowest BCUT2D eigenvalue weighted by Gasteiger charge is -2.10. The lowest BCUT2D eigenvalue weighted by Crippen LogP contribution is -2.17.